The van der Waals surface area contributed by atoms with E-state index in [1.54, 1.807) is 0 Å². The van der Waals surface area contributed by atoms with Crippen LogP contribution in [0.2, 0.25) is 0 Å². The Morgan fingerprint density at radius 2 is 2.00 bits per heavy atom. The molecule has 1 fully saturated rings. The van der Waals surface area contributed by atoms with Crippen LogP contribution in [0.3, 0.4) is 0 Å². The molecule has 15 heavy (non-hydrogen) atoms. The van der Waals surface area contributed by atoms with Crippen LogP contribution in [0.4, 0.5) is 0 Å². The van der Waals surface area contributed by atoms with Gasteiger partial charge in [-0.25, -0.2) is 0 Å². The maximum Gasteiger partial charge on any atom is 0.232 e. The predicted molar refractivity (Wildman–Crippen MR) is 63.6 cm³/mol. The Bertz CT molecular complexity index is 468. The summed E-state index contributed by atoms with van der Waals surface area (Å²) >= 11 is 2.07. The van der Waals surface area contributed by atoms with Gasteiger partial charge in [0, 0.05) is 28.5 Å². The number of nitrogens with zero attached hydrogens (tertiary/aromatic N) is 2. The third-order valence-corrected chi connectivity index (χ3v) is 3.19. The van der Waals surface area contributed by atoms with E-state index >= 15 is 0 Å². The van der Waals surface area contributed by atoms with Gasteiger partial charge in [-0.3, -0.25) is 0 Å². The molecule has 2 atom stereocenters. The maximum atomic E-state index is 5.17. The molecule has 0 bridgehead atoms. The number of hydrogen-bond donors (Lipinski definition) is 0. The fourth-order valence-electron chi connectivity index (χ4n) is 1.90. The van der Waals surface area contributed by atoms with Gasteiger partial charge in [-0.05, 0) is 17.9 Å². The fourth-order valence-corrected chi connectivity index (χ4v) is 2.24. The van der Waals surface area contributed by atoms with Crippen molar-refractivity contribution in [3.05, 3.63) is 45.6 Å². The first kappa shape index (κ1) is 9.33. The van der Waals surface area contributed by atoms with E-state index in [9.17, 15) is 0 Å². The fraction of sp³-hybridized carbons (Fsp3) is 0.273. The molecule has 1 aliphatic carbocycles. The summed E-state index contributed by atoms with van der Waals surface area (Å²) in [4.78, 5) is 4.26. The molecule has 0 amide bonds. The first-order valence-corrected chi connectivity index (χ1v) is 5.96. The van der Waals surface area contributed by atoms with Gasteiger partial charge < -0.3 is 4.52 Å². The minimum absolute atomic E-state index is 0.434. The van der Waals surface area contributed by atoms with E-state index in [0.29, 0.717) is 15.7 Å². The van der Waals surface area contributed by atoms with Crippen LogP contribution >= 0.6 is 22.6 Å². The quantitative estimate of drug-likeness (QED) is 0.800. The third kappa shape index (κ3) is 1.78. The minimum Gasteiger partial charge on any atom is -0.338 e. The van der Waals surface area contributed by atoms with Crippen molar-refractivity contribution in [1.29, 1.82) is 0 Å². The van der Waals surface area contributed by atoms with Crippen LogP contribution in [0.15, 0.2) is 34.9 Å². The van der Waals surface area contributed by atoms with Crippen molar-refractivity contribution in [3.63, 3.8) is 0 Å². The van der Waals surface area contributed by atoms with Crippen molar-refractivity contribution in [2.45, 2.75) is 18.3 Å². The van der Waals surface area contributed by atoms with Gasteiger partial charge in [-0.2, -0.15) is 4.98 Å². The van der Waals surface area contributed by atoms with Crippen molar-refractivity contribution in [1.82, 2.24) is 10.1 Å². The van der Waals surface area contributed by atoms with Crippen molar-refractivity contribution >= 4 is 22.6 Å². The molecule has 0 spiro atoms. The van der Waals surface area contributed by atoms with Crippen LogP contribution in [-0.2, 0) is 0 Å². The average Bonchev–Trinajstić information content (AvgIpc) is 2.96. The molecule has 1 aromatic carbocycles. The van der Waals surface area contributed by atoms with Gasteiger partial charge in [0.2, 0.25) is 9.72 Å². The molecule has 0 aliphatic heterocycles. The first-order chi connectivity index (χ1) is 7.34. The summed E-state index contributed by atoms with van der Waals surface area (Å²) in [5.41, 5.74) is 1.37. The Kier molecular flexibility index (Phi) is 2.23. The van der Waals surface area contributed by atoms with Crippen LogP contribution in [-0.4, -0.2) is 10.1 Å². The van der Waals surface area contributed by atoms with E-state index in [1.165, 1.54) is 5.56 Å². The van der Waals surface area contributed by atoms with Gasteiger partial charge in [0.1, 0.15) is 0 Å². The van der Waals surface area contributed by atoms with Crippen molar-refractivity contribution < 1.29 is 4.52 Å². The smallest absolute Gasteiger partial charge is 0.232 e. The number of rotatable bonds is 2. The van der Waals surface area contributed by atoms with Crippen molar-refractivity contribution in [3.8, 4) is 0 Å². The van der Waals surface area contributed by atoms with Crippen LogP contribution in [0.5, 0.6) is 0 Å². The van der Waals surface area contributed by atoms with Gasteiger partial charge in [0.25, 0.3) is 0 Å². The second-order valence-corrected chi connectivity index (χ2v) is 4.73. The molecule has 2 aromatic rings. The molecule has 0 radical (unpaired) electrons. The molecule has 3 rings (SSSR count). The van der Waals surface area contributed by atoms with Crippen molar-refractivity contribution in [2.75, 3.05) is 0 Å². The first-order valence-electron chi connectivity index (χ1n) is 4.88. The topological polar surface area (TPSA) is 38.9 Å². The molecule has 1 aromatic heterocycles. The van der Waals surface area contributed by atoms with Crippen LogP contribution in [0.25, 0.3) is 0 Å². The zero-order valence-electron chi connectivity index (χ0n) is 7.93. The number of hydrogen-bond acceptors (Lipinski definition) is 3. The summed E-state index contributed by atoms with van der Waals surface area (Å²) in [7, 11) is 0. The Labute approximate surface area is 101 Å². The van der Waals surface area contributed by atoms with E-state index in [0.717, 1.165) is 12.3 Å². The van der Waals surface area contributed by atoms with E-state index in [1.807, 2.05) is 6.07 Å². The highest BCUT2D eigenvalue weighted by Gasteiger charge is 2.43. The lowest BCUT2D eigenvalue weighted by Gasteiger charge is -1.95. The van der Waals surface area contributed by atoms with Gasteiger partial charge in [0.15, 0.2) is 0 Å². The zero-order chi connectivity index (χ0) is 10.3. The molecular weight excluding hydrogens is 303 g/mol. The number of aromatic nitrogens is 2. The molecule has 2 unspecified atom stereocenters. The second-order valence-electron chi connectivity index (χ2n) is 3.76. The summed E-state index contributed by atoms with van der Waals surface area (Å²) < 4.78 is 5.87. The number of benzene rings is 1. The molecule has 1 heterocycles. The molecule has 76 valence electrons. The molecule has 1 aliphatic rings. The Morgan fingerprint density at radius 3 is 2.67 bits per heavy atom. The second kappa shape index (κ2) is 3.59. The Balaban J connectivity index is 1.80. The van der Waals surface area contributed by atoms with E-state index in [2.05, 4.69) is 57.0 Å². The zero-order valence-corrected chi connectivity index (χ0v) is 10.1. The van der Waals surface area contributed by atoms with Crippen LogP contribution in [0, 0.1) is 3.83 Å². The van der Waals surface area contributed by atoms with Gasteiger partial charge in [-0.15, -0.1) is 0 Å². The van der Waals surface area contributed by atoms with Gasteiger partial charge >= 0.3 is 0 Å². The lowest BCUT2D eigenvalue weighted by molar-refractivity contribution is 0.374. The molecule has 3 nitrogen and oxygen atoms in total. The Hall–Kier alpha value is -0.910. The summed E-state index contributed by atoms with van der Waals surface area (Å²) in [6.07, 6.45) is 1.13. The monoisotopic (exact) mass is 312 g/mol. The van der Waals surface area contributed by atoms with E-state index in [-0.39, 0.29) is 0 Å². The normalized spacial score (nSPS) is 24.1. The van der Waals surface area contributed by atoms with E-state index in [4.69, 9.17) is 4.52 Å². The predicted octanol–water partition coefficient (Wildman–Crippen LogP) is 2.95. The highest BCUT2D eigenvalue weighted by molar-refractivity contribution is 14.1. The summed E-state index contributed by atoms with van der Waals surface area (Å²) in [6, 6.07) is 10.5. The number of halogens is 1. The highest BCUT2D eigenvalue weighted by Crippen LogP contribution is 2.53. The van der Waals surface area contributed by atoms with Crippen LogP contribution < -0.4 is 0 Å². The minimum atomic E-state index is 0.434. The van der Waals surface area contributed by atoms with Crippen LogP contribution in [0.1, 0.15) is 29.7 Å². The lowest BCUT2D eigenvalue weighted by atomic mass is 10.1. The molecule has 1 saturated carbocycles. The SMILES string of the molecule is Ic1noc(C2CC2c2ccccc2)n1. The van der Waals surface area contributed by atoms with Gasteiger partial charge in [0.05, 0.1) is 0 Å². The Morgan fingerprint density at radius 1 is 1.20 bits per heavy atom. The molecule has 0 saturated heterocycles. The van der Waals surface area contributed by atoms with Crippen molar-refractivity contribution in [2.24, 2.45) is 0 Å². The standard InChI is InChI=1S/C11H9IN2O/c12-11-13-10(15-14-11)9-6-8(9)7-4-2-1-3-5-7/h1-5,8-9H,6H2. The largest absolute Gasteiger partial charge is 0.338 e. The third-order valence-electron chi connectivity index (χ3n) is 2.75. The lowest BCUT2D eigenvalue weighted by Crippen LogP contribution is -1.84. The molecule has 4 heteroatoms. The molecule has 0 N–H and O–H groups in total. The maximum absolute atomic E-state index is 5.17. The van der Waals surface area contributed by atoms with Gasteiger partial charge in [-0.1, -0.05) is 35.5 Å². The average molecular weight is 312 g/mol. The summed E-state index contributed by atoms with van der Waals surface area (Å²) in [5, 5.41) is 3.81. The summed E-state index contributed by atoms with van der Waals surface area (Å²) in [5.74, 6) is 1.79. The molecular formula is C11H9IN2O. The summed E-state index contributed by atoms with van der Waals surface area (Å²) in [6.45, 7) is 0. The van der Waals surface area contributed by atoms with E-state index < -0.39 is 0 Å². The highest BCUT2D eigenvalue weighted by atomic mass is 127.